The van der Waals surface area contributed by atoms with Gasteiger partial charge in [-0.2, -0.15) is 0 Å². The van der Waals surface area contributed by atoms with Crippen molar-refractivity contribution in [3.05, 3.63) is 42.0 Å². The Balaban J connectivity index is 1.19. The van der Waals surface area contributed by atoms with Crippen LogP contribution in [0.3, 0.4) is 0 Å². The van der Waals surface area contributed by atoms with Gasteiger partial charge in [0.2, 0.25) is 30.6 Å². The number of hydrogen-bond acceptors (Lipinski definition) is 9. The maximum Gasteiger partial charge on any atom is 0.236 e. The molecule has 2 saturated heterocycles. The predicted molar refractivity (Wildman–Crippen MR) is 152 cm³/mol. The molecular weight excluding hydrogens is 531 g/mol. The van der Waals surface area contributed by atoms with Crippen molar-refractivity contribution in [3.63, 3.8) is 0 Å². The van der Waals surface area contributed by atoms with E-state index >= 15 is 4.39 Å². The van der Waals surface area contributed by atoms with Gasteiger partial charge in [0.15, 0.2) is 0 Å². The smallest absolute Gasteiger partial charge is 0.236 e. The average Bonchev–Trinajstić information content (AvgIpc) is 2.98. The lowest BCUT2D eigenvalue weighted by Gasteiger charge is -2.37. The number of rotatable bonds is 12. The maximum absolute atomic E-state index is 15.0. The minimum atomic E-state index is -0.339. The van der Waals surface area contributed by atoms with Gasteiger partial charge in [-0.3, -0.25) is 29.4 Å². The Morgan fingerprint density at radius 3 is 2.37 bits per heavy atom. The number of carbonyl (C=O) groups excluding carboxylic acids is 4. The molecule has 12 nitrogen and oxygen atoms in total. The van der Waals surface area contributed by atoms with Gasteiger partial charge in [-0.15, -0.1) is 0 Å². The van der Waals surface area contributed by atoms with E-state index in [9.17, 15) is 19.2 Å². The zero-order chi connectivity index (χ0) is 29.2. The van der Waals surface area contributed by atoms with E-state index in [1.807, 2.05) is 28.9 Å². The second-order valence-corrected chi connectivity index (χ2v) is 10.5. The molecule has 2 fully saturated rings. The third kappa shape index (κ3) is 8.43. The molecule has 220 valence electrons. The van der Waals surface area contributed by atoms with E-state index in [0.29, 0.717) is 74.9 Å². The predicted octanol–water partition coefficient (Wildman–Crippen LogP) is 1.57. The first-order valence-electron chi connectivity index (χ1n) is 13.9. The highest BCUT2D eigenvalue weighted by Gasteiger charge is 2.27. The normalized spacial score (nSPS) is 17.0. The van der Waals surface area contributed by atoms with Crippen molar-refractivity contribution >= 4 is 42.0 Å². The SMILES string of the molecule is CC(CCC(=O)NC=O)Nc1ccc(C2CCN(CC(=O)N3CCN(c4ncc(NC=O)cn4)CC3)CC2)c(F)c1. The number of imide groups is 1. The Morgan fingerprint density at radius 2 is 1.73 bits per heavy atom. The summed E-state index contributed by atoms with van der Waals surface area (Å²) in [5.41, 5.74) is 1.86. The molecule has 1 aromatic carbocycles. The summed E-state index contributed by atoms with van der Waals surface area (Å²) in [6.45, 7) is 6.14. The molecule has 2 aromatic rings. The zero-order valence-corrected chi connectivity index (χ0v) is 23.2. The lowest BCUT2D eigenvalue weighted by atomic mass is 9.89. The molecule has 2 aliphatic rings. The second-order valence-electron chi connectivity index (χ2n) is 10.5. The first kappa shape index (κ1) is 29.8. The van der Waals surface area contributed by atoms with Gasteiger partial charge in [0, 0.05) is 44.3 Å². The summed E-state index contributed by atoms with van der Waals surface area (Å²) in [5.74, 6) is 0.160. The summed E-state index contributed by atoms with van der Waals surface area (Å²) in [7, 11) is 0. The van der Waals surface area contributed by atoms with Crippen molar-refractivity contribution < 1.29 is 23.6 Å². The summed E-state index contributed by atoms with van der Waals surface area (Å²) >= 11 is 0. The molecule has 3 N–H and O–H groups in total. The molecule has 4 amide bonds. The van der Waals surface area contributed by atoms with E-state index in [-0.39, 0.29) is 36.0 Å². The number of nitrogens with one attached hydrogen (secondary N) is 3. The first-order chi connectivity index (χ1) is 19.9. The Bertz CT molecular complexity index is 1200. The molecule has 1 atom stereocenters. The largest absolute Gasteiger partial charge is 0.382 e. The Labute approximate surface area is 238 Å². The van der Waals surface area contributed by atoms with E-state index in [2.05, 4.69) is 30.8 Å². The molecule has 0 aliphatic carbocycles. The van der Waals surface area contributed by atoms with Crippen LogP contribution in [0, 0.1) is 5.82 Å². The molecule has 13 heteroatoms. The minimum Gasteiger partial charge on any atom is -0.382 e. The highest BCUT2D eigenvalue weighted by atomic mass is 19.1. The van der Waals surface area contributed by atoms with Gasteiger partial charge in [0.25, 0.3) is 0 Å². The highest BCUT2D eigenvalue weighted by molar-refractivity contribution is 5.85. The van der Waals surface area contributed by atoms with Crippen molar-refractivity contribution in [2.24, 2.45) is 0 Å². The van der Waals surface area contributed by atoms with Gasteiger partial charge >= 0.3 is 0 Å². The quantitative estimate of drug-likeness (QED) is 0.326. The Morgan fingerprint density at radius 1 is 1.02 bits per heavy atom. The van der Waals surface area contributed by atoms with Crippen molar-refractivity contribution in [1.29, 1.82) is 0 Å². The highest BCUT2D eigenvalue weighted by Crippen LogP contribution is 2.31. The van der Waals surface area contributed by atoms with Crippen LogP contribution in [0.15, 0.2) is 30.6 Å². The van der Waals surface area contributed by atoms with Gasteiger partial charge in [-0.05, 0) is 62.9 Å². The number of nitrogens with zero attached hydrogens (tertiary/aromatic N) is 5. The lowest BCUT2D eigenvalue weighted by molar-refractivity contribution is -0.133. The fourth-order valence-electron chi connectivity index (χ4n) is 5.27. The molecule has 0 spiro atoms. The van der Waals surface area contributed by atoms with Gasteiger partial charge in [0.1, 0.15) is 5.82 Å². The maximum atomic E-state index is 15.0. The van der Waals surface area contributed by atoms with E-state index in [4.69, 9.17) is 0 Å². The van der Waals surface area contributed by atoms with Crippen molar-refractivity contribution in [2.45, 2.75) is 44.6 Å². The van der Waals surface area contributed by atoms with Gasteiger partial charge in [-0.1, -0.05) is 6.07 Å². The molecule has 1 unspecified atom stereocenters. The topological polar surface area (TPSA) is 140 Å². The molecule has 41 heavy (non-hydrogen) atoms. The van der Waals surface area contributed by atoms with Crippen LogP contribution in [0.2, 0.25) is 0 Å². The van der Waals surface area contributed by atoms with Crippen LogP contribution < -0.4 is 20.9 Å². The number of piperidine rings is 1. The van der Waals surface area contributed by atoms with E-state index in [1.165, 1.54) is 6.07 Å². The van der Waals surface area contributed by atoms with Crippen LogP contribution >= 0.6 is 0 Å². The number of piperazine rings is 1. The van der Waals surface area contributed by atoms with Crippen LogP contribution in [0.4, 0.5) is 21.7 Å². The Hall–Kier alpha value is -4.13. The summed E-state index contributed by atoms with van der Waals surface area (Å²) in [6.07, 6.45) is 6.33. The van der Waals surface area contributed by atoms with Crippen molar-refractivity contribution in [1.82, 2.24) is 25.1 Å². The fraction of sp³-hybridized carbons (Fsp3) is 0.500. The minimum absolute atomic E-state index is 0.0620. The summed E-state index contributed by atoms with van der Waals surface area (Å²) in [5, 5.41) is 7.83. The molecule has 0 saturated carbocycles. The molecule has 2 aliphatic heterocycles. The monoisotopic (exact) mass is 568 g/mol. The number of carbonyl (C=O) groups is 4. The molecular formula is C28H37FN8O4. The zero-order valence-electron chi connectivity index (χ0n) is 23.2. The number of hydrogen-bond donors (Lipinski definition) is 3. The number of benzene rings is 1. The third-order valence-electron chi connectivity index (χ3n) is 7.60. The number of anilines is 3. The van der Waals surface area contributed by atoms with E-state index < -0.39 is 0 Å². The first-order valence-corrected chi connectivity index (χ1v) is 13.9. The van der Waals surface area contributed by atoms with Crippen LogP contribution in [-0.2, 0) is 19.2 Å². The fourth-order valence-corrected chi connectivity index (χ4v) is 5.27. The number of aromatic nitrogens is 2. The molecule has 1 aromatic heterocycles. The number of amides is 4. The Kier molecular flexibility index (Phi) is 10.5. The van der Waals surface area contributed by atoms with E-state index in [1.54, 1.807) is 12.4 Å². The van der Waals surface area contributed by atoms with Crippen molar-refractivity contribution in [3.8, 4) is 0 Å². The van der Waals surface area contributed by atoms with Crippen molar-refractivity contribution in [2.75, 3.05) is 61.3 Å². The van der Waals surface area contributed by atoms with Crippen LogP contribution in [0.5, 0.6) is 0 Å². The number of likely N-dealkylation sites (tertiary alicyclic amines) is 1. The molecule has 0 radical (unpaired) electrons. The molecule has 0 bridgehead atoms. The second kappa shape index (κ2) is 14.5. The average molecular weight is 569 g/mol. The third-order valence-corrected chi connectivity index (χ3v) is 7.60. The van der Waals surface area contributed by atoms with Gasteiger partial charge in [-0.25, -0.2) is 14.4 Å². The van der Waals surface area contributed by atoms with Crippen LogP contribution in [-0.4, -0.2) is 96.3 Å². The molecule has 3 heterocycles. The summed E-state index contributed by atoms with van der Waals surface area (Å²) in [4.78, 5) is 59.9. The van der Waals surface area contributed by atoms with Crippen LogP contribution in [0.1, 0.15) is 44.1 Å². The van der Waals surface area contributed by atoms with E-state index in [0.717, 1.165) is 25.9 Å². The van der Waals surface area contributed by atoms with Gasteiger partial charge < -0.3 is 20.4 Å². The lowest BCUT2D eigenvalue weighted by Crippen LogP contribution is -2.52. The van der Waals surface area contributed by atoms with Gasteiger partial charge in [0.05, 0.1) is 24.6 Å². The molecule has 4 rings (SSSR count). The summed E-state index contributed by atoms with van der Waals surface area (Å²) in [6, 6.07) is 5.11. The summed E-state index contributed by atoms with van der Waals surface area (Å²) < 4.78 is 15.0. The van der Waals surface area contributed by atoms with Crippen LogP contribution in [0.25, 0.3) is 0 Å². The number of halogens is 1. The standard InChI is InChI=1S/C28H37FN8O4/c1-20(2-5-26(40)33-19-39)34-22-3-4-24(25(29)14-22)21-6-8-35(9-7-21)17-27(41)36-10-12-37(13-11-36)28-30-15-23(16-31-28)32-18-38/h3-4,14-16,18-21,34H,2,5-13,17H2,1H3,(H,32,38)(H,33,39,40).